The average Bonchev–Trinajstić information content (AvgIpc) is 3.36. The number of nitrogens with zero attached hydrogens (tertiary/aromatic N) is 3. The maximum Gasteiger partial charge on any atom is 0.337 e. The number of carbonyl (C=O) groups is 2. The zero-order valence-electron chi connectivity index (χ0n) is 16.2. The van der Waals surface area contributed by atoms with E-state index in [-0.39, 0.29) is 11.7 Å². The molecule has 1 aliphatic heterocycles. The highest BCUT2D eigenvalue weighted by molar-refractivity contribution is 6.08. The third kappa shape index (κ3) is 3.29. The summed E-state index contributed by atoms with van der Waals surface area (Å²) in [5.74, 6) is -0.860. The van der Waals surface area contributed by atoms with Crippen LogP contribution < -0.4 is 4.90 Å². The maximum absolute atomic E-state index is 13.3. The molecule has 7 heteroatoms. The molecular formula is C22H20FN3O3. The molecule has 0 atom stereocenters. The Kier molecular flexibility index (Phi) is 4.88. The van der Waals surface area contributed by atoms with E-state index in [0.717, 1.165) is 16.9 Å². The van der Waals surface area contributed by atoms with Gasteiger partial charge in [-0.05, 0) is 60.9 Å². The first-order valence-electron chi connectivity index (χ1n) is 9.39. The predicted octanol–water partition coefficient (Wildman–Crippen LogP) is 3.56. The third-order valence-electron chi connectivity index (χ3n) is 5.15. The summed E-state index contributed by atoms with van der Waals surface area (Å²) < 4.78 is 19.7. The van der Waals surface area contributed by atoms with Crippen molar-refractivity contribution >= 4 is 17.6 Å². The Hall–Kier alpha value is -3.48. The van der Waals surface area contributed by atoms with Crippen LogP contribution in [0.2, 0.25) is 0 Å². The zero-order chi connectivity index (χ0) is 20.5. The Morgan fingerprint density at radius 2 is 1.93 bits per heavy atom. The first-order valence-corrected chi connectivity index (χ1v) is 9.39. The number of carbonyl (C=O) groups excluding carboxylic acids is 2. The van der Waals surface area contributed by atoms with Crippen LogP contribution in [0.3, 0.4) is 0 Å². The number of hydrogen-bond acceptors (Lipinski definition) is 4. The van der Waals surface area contributed by atoms with Crippen LogP contribution in [0.15, 0.2) is 48.7 Å². The highest BCUT2D eigenvalue weighted by atomic mass is 19.1. The number of hydrogen-bond donors (Lipinski definition) is 0. The van der Waals surface area contributed by atoms with Gasteiger partial charge in [-0.3, -0.25) is 4.79 Å². The zero-order valence-corrected chi connectivity index (χ0v) is 16.2. The minimum Gasteiger partial charge on any atom is -0.465 e. The molecule has 148 valence electrons. The average molecular weight is 393 g/mol. The van der Waals surface area contributed by atoms with E-state index in [1.165, 1.54) is 19.2 Å². The quantitative estimate of drug-likeness (QED) is 0.636. The van der Waals surface area contributed by atoms with Gasteiger partial charge in [0.1, 0.15) is 5.82 Å². The summed E-state index contributed by atoms with van der Waals surface area (Å²) in [4.78, 5) is 26.7. The molecule has 1 amide bonds. The molecule has 6 nitrogen and oxygen atoms in total. The van der Waals surface area contributed by atoms with Crippen LogP contribution in [0, 0.1) is 5.82 Å². The number of aromatic nitrogens is 2. The van der Waals surface area contributed by atoms with E-state index in [2.05, 4.69) is 5.10 Å². The van der Waals surface area contributed by atoms with Gasteiger partial charge in [0.05, 0.1) is 35.8 Å². The Bertz CT molecular complexity index is 1090. The van der Waals surface area contributed by atoms with Crippen LogP contribution in [0.5, 0.6) is 0 Å². The minimum absolute atomic E-state index is 0.139. The van der Waals surface area contributed by atoms with Crippen molar-refractivity contribution in [2.75, 3.05) is 18.6 Å². The topological polar surface area (TPSA) is 64.4 Å². The van der Waals surface area contributed by atoms with Gasteiger partial charge in [-0.25, -0.2) is 13.9 Å². The van der Waals surface area contributed by atoms with Crippen molar-refractivity contribution in [3.63, 3.8) is 0 Å². The minimum atomic E-state index is -0.397. The fourth-order valence-corrected chi connectivity index (χ4v) is 3.70. The van der Waals surface area contributed by atoms with E-state index in [1.54, 1.807) is 46.1 Å². The van der Waals surface area contributed by atoms with E-state index in [9.17, 15) is 14.0 Å². The van der Waals surface area contributed by atoms with Gasteiger partial charge in [0.25, 0.3) is 5.91 Å². The molecule has 0 bridgehead atoms. The molecule has 0 radical (unpaired) electrons. The molecule has 2 aromatic carbocycles. The first kappa shape index (κ1) is 18.9. The Morgan fingerprint density at radius 1 is 1.17 bits per heavy atom. The highest BCUT2D eigenvalue weighted by Crippen LogP contribution is 2.31. The lowest BCUT2D eigenvalue weighted by Crippen LogP contribution is -2.29. The molecule has 0 saturated carbocycles. The van der Waals surface area contributed by atoms with E-state index in [1.807, 2.05) is 6.92 Å². The van der Waals surface area contributed by atoms with Gasteiger partial charge in [-0.1, -0.05) is 6.92 Å². The summed E-state index contributed by atoms with van der Waals surface area (Å²) in [6, 6.07) is 11.2. The number of amides is 1. The summed E-state index contributed by atoms with van der Waals surface area (Å²) >= 11 is 0. The summed E-state index contributed by atoms with van der Waals surface area (Å²) in [7, 11) is 1.34. The summed E-state index contributed by atoms with van der Waals surface area (Å²) in [5.41, 5.74) is 4.18. The molecule has 0 spiro atoms. The molecule has 1 aromatic heterocycles. The van der Waals surface area contributed by atoms with Crippen molar-refractivity contribution in [2.24, 2.45) is 0 Å². The highest BCUT2D eigenvalue weighted by Gasteiger charge is 2.29. The van der Waals surface area contributed by atoms with Gasteiger partial charge < -0.3 is 9.64 Å². The van der Waals surface area contributed by atoms with Crippen molar-refractivity contribution in [3.8, 4) is 5.69 Å². The van der Waals surface area contributed by atoms with Gasteiger partial charge in [0.2, 0.25) is 0 Å². The van der Waals surface area contributed by atoms with Gasteiger partial charge >= 0.3 is 5.97 Å². The third-order valence-corrected chi connectivity index (χ3v) is 5.15. The van der Waals surface area contributed by atoms with Gasteiger partial charge in [-0.15, -0.1) is 0 Å². The van der Waals surface area contributed by atoms with Crippen LogP contribution in [-0.4, -0.2) is 35.3 Å². The van der Waals surface area contributed by atoms with Crippen molar-refractivity contribution < 1.29 is 18.7 Å². The molecular weight excluding hydrogens is 373 g/mol. The van der Waals surface area contributed by atoms with Crippen LogP contribution >= 0.6 is 0 Å². The van der Waals surface area contributed by atoms with Gasteiger partial charge in [-0.2, -0.15) is 5.10 Å². The normalized spacial score (nSPS) is 12.7. The Labute approximate surface area is 167 Å². The lowest BCUT2D eigenvalue weighted by atomic mass is 10.1. The summed E-state index contributed by atoms with van der Waals surface area (Å²) in [5, 5.41) is 4.37. The largest absolute Gasteiger partial charge is 0.465 e. The standard InChI is InChI=1S/C22H20FN3O3/c1-3-19-18(13-24-26(19)17-7-5-16(23)6-8-17)21(27)25-11-10-14-12-15(22(28)29-2)4-9-20(14)25/h4-9,12-13H,3,10-11H2,1-2H3. The number of methoxy groups -OCH3 is 1. The number of fused-ring (bicyclic) bond motifs is 1. The molecule has 1 aliphatic rings. The molecule has 4 rings (SSSR count). The molecule has 29 heavy (non-hydrogen) atoms. The first-order chi connectivity index (χ1) is 14.0. The lowest BCUT2D eigenvalue weighted by Gasteiger charge is -2.18. The number of esters is 1. The van der Waals surface area contributed by atoms with Gasteiger partial charge in [0, 0.05) is 12.2 Å². The van der Waals surface area contributed by atoms with E-state index < -0.39 is 5.97 Å². The fourth-order valence-electron chi connectivity index (χ4n) is 3.70. The van der Waals surface area contributed by atoms with Crippen molar-refractivity contribution in [3.05, 3.63) is 76.9 Å². The van der Waals surface area contributed by atoms with Crippen molar-refractivity contribution in [1.29, 1.82) is 0 Å². The Morgan fingerprint density at radius 3 is 2.62 bits per heavy atom. The summed E-state index contributed by atoms with van der Waals surface area (Å²) in [6.07, 6.45) is 2.82. The second-order valence-electron chi connectivity index (χ2n) is 6.79. The lowest BCUT2D eigenvalue weighted by molar-refractivity contribution is 0.0600. The monoisotopic (exact) mass is 393 g/mol. The van der Waals surface area contributed by atoms with Crippen LogP contribution in [0.1, 0.15) is 38.9 Å². The van der Waals surface area contributed by atoms with Crippen LogP contribution in [-0.2, 0) is 17.6 Å². The van der Waals surface area contributed by atoms with Gasteiger partial charge in [0.15, 0.2) is 0 Å². The number of halogens is 1. The molecule has 0 N–H and O–H groups in total. The van der Waals surface area contributed by atoms with Crippen LogP contribution in [0.4, 0.5) is 10.1 Å². The molecule has 0 saturated heterocycles. The second-order valence-corrected chi connectivity index (χ2v) is 6.79. The molecule has 2 heterocycles. The number of ether oxygens (including phenoxy) is 1. The van der Waals surface area contributed by atoms with E-state index in [4.69, 9.17) is 4.74 Å². The number of anilines is 1. The van der Waals surface area contributed by atoms with Crippen molar-refractivity contribution in [2.45, 2.75) is 19.8 Å². The molecule has 3 aromatic rings. The maximum atomic E-state index is 13.3. The molecule has 0 fully saturated rings. The SMILES string of the molecule is CCc1c(C(=O)N2CCc3cc(C(=O)OC)ccc32)cnn1-c1ccc(F)cc1. The van der Waals surface area contributed by atoms with Crippen molar-refractivity contribution in [1.82, 2.24) is 9.78 Å². The smallest absolute Gasteiger partial charge is 0.337 e. The Balaban J connectivity index is 1.67. The number of rotatable bonds is 4. The predicted molar refractivity (Wildman–Crippen MR) is 106 cm³/mol. The van der Waals surface area contributed by atoms with E-state index >= 15 is 0 Å². The van der Waals surface area contributed by atoms with Crippen LogP contribution in [0.25, 0.3) is 5.69 Å². The fraction of sp³-hybridized carbons (Fsp3) is 0.227. The molecule has 0 unspecified atom stereocenters. The summed E-state index contributed by atoms with van der Waals surface area (Å²) in [6.45, 7) is 2.48. The molecule has 0 aliphatic carbocycles. The van der Waals surface area contributed by atoms with E-state index in [0.29, 0.717) is 36.2 Å². The number of benzene rings is 2. The second kappa shape index (κ2) is 7.50.